The van der Waals surface area contributed by atoms with Crippen LogP contribution in [0.25, 0.3) is 0 Å². The van der Waals surface area contributed by atoms with E-state index in [1.54, 1.807) is 0 Å². The third-order valence-electron chi connectivity index (χ3n) is 10.3. The van der Waals surface area contributed by atoms with Gasteiger partial charge in [0.1, 0.15) is 19.8 Å². The lowest BCUT2D eigenvalue weighted by Gasteiger charge is -2.24. The van der Waals surface area contributed by atoms with Gasteiger partial charge in [0.2, 0.25) is 0 Å². The molecule has 0 aliphatic rings. The minimum Gasteiger partial charge on any atom is -0.462 e. The van der Waals surface area contributed by atoms with E-state index in [0.29, 0.717) is 23.9 Å². The van der Waals surface area contributed by atoms with Crippen LogP contribution in [0.5, 0.6) is 0 Å². The monoisotopic (exact) mass is 867 g/mol. The lowest BCUT2D eigenvalue weighted by atomic mass is 10.1. The summed E-state index contributed by atoms with van der Waals surface area (Å²) in [6.07, 6.45) is 50.1. The summed E-state index contributed by atoms with van der Waals surface area (Å²) in [5, 5.41) is 0. The van der Waals surface area contributed by atoms with Crippen LogP contribution >= 0.6 is 7.82 Å². The summed E-state index contributed by atoms with van der Waals surface area (Å²) in [4.78, 5) is 35.5. The molecule has 350 valence electrons. The van der Waals surface area contributed by atoms with Gasteiger partial charge < -0.3 is 18.9 Å². The van der Waals surface area contributed by atoms with Crippen LogP contribution in [0.3, 0.4) is 0 Å². The number of nitrogens with zero attached hydrogens (tertiary/aromatic N) is 1. The molecule has 0 aromatic heterocycles. The van der Waals surface area contributed by atoms with Crippen LogP contribution in [0.2, 0.25) is 0 Å². The number of allylic oxidation sites excluding steroid dienone is 8. The lowest BCUT2D eigenvalue weighted by molar-refractivity contribution is -0.870. The smallest absolute Gasteiger partial charge is 0.462 e. The molecule has 0 radical (unpaired) electrons. The molecule has 9 nitrogen and oxygen atoms in total. The van der Waals surface area contributed by atoms with Gasteiger partial charge in [0, 0.05) is 12.8 Å². The van der Waals surface area contributed by atoms with Gasteiger partial charge in [0.15, 0.2) is 6.10 Å². The van der Waals surface area contributed by atoms with E-state index in [2.05, 4.69) is 62.5 Å². The molecule has 0 fully saturated rings. The summed E-state index contributed by atoms with van der Waals surface area (Å²) >= 11 is 0. The highest BCUT2D eigenvalue weighted by Gasteiger charge is 2.27. The van der Waals surface area contributed by atoms with E-state index in [1.165, 1.54) is 103 Å². The van der Waals surface area contributed by atoms with E-state index >= 15 is 0 Å². The van der Waals surface area contributed by atoms with E-state index in [0.717, 1.165) is 64.2 Å². The zero-order valence-electron chi connectivity index (χ0n) is 39.4. The van der Waals surface area contributed by atoms with E-state index < -0.39 is 26.5 Å². The standard InChI is InChI=1S/C50H92NO8P/c1-6-8-10-12-14-16-18-20-22-24-25-27-29-31-33-35-37-39-41-43-50(53)59-48(47-58-60(54,55)57-45-44-51(3,4)5)46-56-49(52)42-40-38-36-34-32-30-28-26-23-21-19-17-15-13-11-9-7-2/h15,17,21,23-25,28,30,48H,6-14,16,18-20,22,26-27,29,31-47H2,1-5H3/p+1/b17-15-,23-21-,25-24-,30-28-/t48-/m1/s1. The average molecular weight is 867 g/mol. The first kappa shape index (κ1) is 58.0. The summed E-state index contributed by atoms with van der Waals surface area (Å²) < 4.78 is 34.4. The third kappa shape index (κ3) is 45.5. The van der Waals surface area contributed by atoms with Crippen LogP contribution < -0.4 is 0 Å². The quantitative estimate of drug-likeness (QED) is 0.0212. The van der Waals surface area contributed by atoms with Gasteiger partial charge in [-0.25, -0.2) is 4.57 Å². The molecular weight excluding hydrogens is 774 g/mol. The SMILES string of the molecule is CCCCC/C=C\C/C=C\C/C=C\CCCCCCC(=O)OC[C@H](COP(=O)(O)OCC[N+](C)(C)C)OC(=O)CCCCCCCCC/C=C\CCCCCCCCCC. The van der Waals surface area contributed by atoms with Crippen LogP contribution in [-0.4, -0.2) is 74.9 Å². The van der Waals surface area contributed by atoms with Gasteiger partial charge >= 0.3 is 19.8 Å². The Morgan fingerprint density at radius 1 is 0.517 bits per heavy atom. The normalized spacial score (nSPS) is 13.9. The number of likely N-dealkylation sites (N-methyl/N-ethyl adjacent to an activating group) is 1. The molecule has 10 heteroatoms. The van der Waals surface area contributed by atoms with Crippen molar-refractivity contribution in [3.63, 3.8) is 0 Å². The zero-order chi connectivity index (χ0) is 44.3. The van der Waals surface area contributed by atoms with Gasteiger partial charge in [0.05, 0.1) is 27.7 Å². The van der Waals surface area contributed by atoms with Crippen molar-refractivity contribution in [1.29, 1.82) is 0 Å². The summed E-state index contributed by atoms with van der Waals surface area (Å²) in [5.74, 6) is -0.827. The van der Waals surface area contributed by atoms with Crippen molar-refractivity contribution in [2.45, 2.75) is 213 Å². The molecule has 0 saturated carbocycles. The Morgan fingerprint density at radius 3 is 1.38 bits per heavy atom. The van der Waals surface area contributed by atoms with Crippen LogP contribution in [0, 0.1) is 0 Å². The fourth-order valence-electron chi connectivity index (χ4n) is 6.49. The maximum Gasteiger partial charge on any atom is 0.472 e. The Morgan fingerprint density at radius 2 is 0.900 bits per heavy atom. The third-order valence-corrected chi connectivity index (χ3v) is 11.3. The average Bonchev–Trinajstić information content (AvgIpc) is 3.20. The van der Waals surface area contributed by atoms with Gasteiger partial charge in [-0.15, -0.1) is 0 Å². The van der Waals surface area contributed by atoms with E-state index in [-0.39, 0.29) is 32.0 Å². The molecule has 0 saturated heterocycles. The molecule has 1 N–H and O–H groups in total. The number of hydrogen-bond donors (Lipinski definition) is 1. The van der Waals surface area contributed by atoms with Crippen molar-refractivity contribution in [3.05, 3.63) is 48.6 Å². The number of esters is 2. The maximum atomic E-state index is 12.7. The molecule has 0 aromatic carbocycles. The Balaban J connectivity index is 4.34. The first-order chi connectivity index (χ1) is 29.0. The first-order valence-corrected chi connectivity index (χ1v) is 25.9. The number of quaternary nitrogens is 1. The van der Waals surface area contributed by atoms with Gasteiger partial charge in [0.25, 0.3) is 0 Å². The van der Waals surface area contributed by atoms with Crippen LogP contribution in [-0.2, 0) is 32.7 Å². The molecular formula is C50H93NO8P+. The van der Waals surface area contributed by atoms with Gasteiger partial charge in [-0.3, -0.25) is 18.6 Å². The lowest BCUT2D eigenvalue weighted by Crippen LogP contribution is -2.37. The fourth-order valence-corrected chi connectivity index (χ4v) is 7.23. The number of carbonyl (C=O) groups excluding carboxylic acids is 2. The topological polar surface area (TPSA) is 108 Å². The molecule has 0 heterocycles. The number of phosphoric acid groups is 1. The largest absolute Gasteiger partial charge is 0.472 e. The van der Waals surface area contributed by atoms with Crippen LogP contribution in [0.1, 0.15) is 206 Å². The molecule has 0 bridgehead atoms. The zero-order valence-corrected chi connectivity index (χ0v) is 40.3. The van der Waals surface area contributed by atoms with E-state index in [1.807, 2.05) is 21.1 Å². The summed E-state index contributed by atoms with van der Waals surface area (Å²) in [7, 11) is 1.46. The second-order valence-electron chi connectivity index (χ2n) is 17.5. The Hall–Kier alpha value is -2.03. The minimum atomic E-state index is -4.39. The predicted molar refractivity (Wildman–Crippen MR) is 252 cm³/mol. The van der Waals surface area contributed by atoms with Crippen LogP contribution in [0.4, 0.5) is 0 Å². The number of rotatable bonds is 44. The molecule has 0 rings (SSSR count). The highest BCUT2D eigenvalue weighted by Crippen LogP contribution is 2.43. The predicted octanol–water partition coefficient (Wildman–Crippen LogP) is 14.2. The number of phosphoric ester groups is 1. The number of carbonyl (C=O) groups is 2. The molecule has 2 atom stereocenters. The summed E-state index contributed by atoms with van der Waals surface area (Å²) in [6, 6.07) is 0. The van der Waals surface area contributed by atoms with Gasteiger partial charge in [-0.1, -0.05) is 165 Å². The van der Waals surface area contributed by atoms with Gasteiger partial charge in [-0.05, 0) is 77.0 Å². The van der Waals surface area contributed by atoms with Crippen molar-refractivity contribution in [3.8, 4) is 0 Å². The molecule has 60 heavy (non-hydrogen) atoms. The number of hydrogen-bond acceptors (Lipinski definition) is 7. The second-order valence-corrected chi connectivity index (χ2v) is 18.9. The molecule has 0 aliphatic carbocycles. The molecule has 0 aromatic rings. The van der Waals surface area contributed by atoms with Crippen molar-refractivity contribution < 1.29 is 42.1 Å². The van der Waals surface area contributed by atoms with Crippen molar-refractivity contribution in [2.75, 3.05) is 47.5 Å². The number of unbranched alkanes of at least 4 members (excludes halogenated alkanes) is 22. The fraction of sp³-hybridized carbons (Fsp3) is 0.800. The van der Waals surface area contributed by atoms with Crippen molar-refractivity contribution >= 4 is 19.8 Å². The summed E-state index contributed by atoms with van der Waals surface area (Å²) in [6.45, 7) is 4.37. The number of ether oxygens (including phenoxy) is 2. The molecule has 0 spiro atoms. The maximum absolute atomic E-state index is 12.7. The molecule has 0 aliphatic heterocycles. The highest BCUT2D eigenvalue weighted by atomic mass is 31.2. The Labute approximate surface area is 369 Å². The van der Waals surface area contributed by atoms with Crippen LogP contribution in [0.15, 0.2) is 48.6 Å². The highest BCUT2D eigenvalue weighted by molar-refractivity contribution is 7.47. The van der Waals surface area contributed by atoms with Crippen molar-refractivity contribution in [2.24, 2.45) is 0 Å². The molecule has 0 amide bonds. The van der Waals surface area contributed by atoms with E-state index in [4.69, 9.17) is 18.5 Å². The van der Waals surface area contributed by atoms with Crippen molar-refractivity contribution in [1.82, 2.24) is 0 Å². The first-order valence-electron chi connectivity index (χ1n) is 24.4. The summed E-state index contributed by atoms with van der Waals surface area (Å²) in [5.41, 5.74) is 0. The van der Waals surface area contributed by atoms with Gasteiger partial charge in [-0.2, -0.15) is 0 Å². The Kier molecular flexibility index (Phi) is 40.8. The minimum absolute atomic E-state index is 0.0260. The van der Waals surface area contributed by atoms with E-state index in [9.17, 15) is 19.0 Å². The molecule has 1 unspecified atom stereocenters. The second kappa shape index (κ2) is 42.3. The Bertz CT molecular complexity index is 1160.